The van der Waals surface area contributed by atoms with Crippen LogP contribution in [-0.2, 0) is 0 Å². The zero-order valence-electron chi connectivity index (χ0n) is 20.0. The molecular formula is C30H34N2O. The second-order valence-electron chi connectivity index (χ2n) is 11.3. The summed E-state index contributed by atoms with van der Waals surface area (Å²) in [5.74, 6) is 2.69. The minimum absolute atomic E-state index is 0.0435. The molecule has 2 aromatic carbocycles. The largest absolute Gasteiger partial charge is 0.349 e. The lowest BCUT2D eigenvalue weighted by molar-refractivity contribution is -0.0687. The number of hydrogen-bond acceptors (Lipinski definition) is 2. The van der Waals surface area contributed by atoms with Crippen molar-refractivity contribution in [3.8, 4) is 11.3 Å². The Kier molecular flexibility index (Phi) is 4.87. The fraction of sp³-hybridized carbons (Fsp3) is 0.467. The first-order valence-corrected chi connectivity index (χ1v) is 12.7. The van der Waals surface area contributed by atoms with Gasteiger partial charge in [-0.2, -0.15) is 0 Å². The first kappa shape index (κ1) is 20.9. The molecule has 4 fully saturated rings. The Balaban J connectivity index is 1.34. The van der Waals surface area contributed by atoms with Crippen molar-refractivity contribution in [3.63, 3.8) is 0 Å². The predicted molar refractivity (Wildman–Crippen MR) is 134 cm³/mol. The second-order valence-corrected chi connectivity index (χ2v) is 11.3. The van der Waals surface area contributed by atoms with Gasteiger partial charge in [0.05, 0.1) is 16.8 Å². The standard InChI is InChI=1S/C30H34N2O/c1-18-8-9-24(10-19(18)2)28-14-26(25-6-4-5-7-27(25)32-28)29(33)31-20(3)30-15-21-11-22(16-30)13-23(12-21)17-30/h4-10,14,20-23H,11-13,15-17H2,1-3H3,(H,31,33). The van der Waals surface area contributed by atoms with Gasteiger partial charge in [-0.1, -0.05) is 30.3 Å². The Morgan fingerprint density at radius 3 is 2.27 bits per heavy atom. The molecule has 1 amide bonds. The van der Waals surface area contributed by atoms with Crippen LogP contribution in [0.15, 0.2) is 48.5 Å². The number of hydrogen-bond donors (Lipinski definition) is 1. The summed E-state index contributed by atoms with van der Waals surface area (Å²) in [6.45, 7) is 6.51. The maximum Gasteiger partial charge on any atom is 0.252 e. The number of nitrogens with zero attached hydrogens (tertiary/aromatic N) is 1. The normalized spacial score (nSPS) is 28.8. The fourth-order valence-electron chi connectivity index (χ4n) is 7.55. The van der Waals surface area contributed by atoms with Gasteiger partial charge in [0.25, 0.3) is 5.91 Å². The highest BCUT2D eigenvalue weighted by Gasteiger charge is 2.53. The van der Waals surface area contributed by atoms with Crippen LogP contribution in [0.4, 0.5) is 0 Å². The van der Waals surface area contributed by atoms with Crippen molar-refractivity contribution in [2.45, 2.75) is 65.3 Å². The molecule has 7 rings (SSSR count). The topological polar surface area (TPSA) is 42.0 Å². The zero-order chi connectivity index (χ0) is 22.7. The van der Waals surface area contributed by atoms with Crippen molar-refractivity contribution in [1.29, 1.82) is 0 Å². The van der Waals surface area contributed by atoms with Crippen LogP contribution in [0.5, 0.6) is 0 Å². The van der Waals surface area contributed by atoms with Gasteiger partial charge in [-0.25, -0.2) is 4.98 Å². The SMILES string of the molecule is Cc1ccc(-c2cc(C(=O)NC(C)C34CC5CC(CC(C5)C3)C4)c3ccccc3n2)cc1C. The van der Waals surface area contributed by atoms with E-state index in [4.69, 9.17) is 4.98 Å². The molecule has 3 nitrogen and oxygen atoms in total. The molecule has 0 aliphatic heterocycles. The average Bonchev–Trinajstić information content (AvgIpc) is 2.79. The summed E-state index contributed by atoms with van der Waals surface area (Å²) >= 11 is 0. The van der Waals surface area contributed by atoms with Gasteiger partial charge in [-0.05, 0) is 112 Å². The van der Waals surface area contributed by atoms with Gasteiger partial charge >= 0.3 is 0 Å². The number of benzene rings is 2. The van der Waals surface area contributed by atoms with E-state index in [2.05, 4.69) is 44.3 Å². The summed E-state index contributed by atoms with van der Waals surface area (Å²) in [6, 6.07) is 16.7. The highest BCUT2D eigenvalue weighted by Crippen LogP contribution is 2.61. The highest BCUT2D eigenvalue weighted by molar-refractivity contribution is 6.07. The summed E-state index contributed by atoms with van der Waals surface area (Å²) in [5.41, 5.74) is 6.35. The van der Waals surface area contributed by atoms with Crippen LogP contribution < -0.4 is 5.32 Å². The summed E-state index contributed by atoms with van der Waals surface area (Å²) in [7, 11) is 0. The van der Waals surface area contributed by atoms with Gasteiger partial charge in [-0.3, -0.25) is 4.79 Å². The van der Waals surface area contributed by atoms with Crippen LogP contribution in [0, 0.1) is 37.0 Å². The van der Waals surface area contributed by atoms with Crippen LogP contribution in [0.25, 0.3) is 22.2 Å². The van der Waals surface area contributed by atoms with E-state index < -0.39 is 0 Å². The van der Waals surface area contributed by atoms with Crippen molar-refractivity contribution in [2.24, 2.45) is 23.2 Å². The Morgan fingerprint density at radius 1 is 0.939 bits per heavy atom. The number of carbonyl (C=O) groups is 1. The number of aromatic nitrogens is 1. The molecule has 1 heterocycles. The number of fused-ring (bicyclic) bond motifs is 1. The molecule has 4 saturated carbocycles. The molecule has 1 atom stereocenters. The summed E-state index contributed by atoms with van der Waals surface area (Å²) in [6.07, 6.45) is 8.17. The number of carbonyl (C=O) groups excluding carboxylic acids is 1. The Labute approximate surface area is 197 Å². The molecule has 3 aromatic rings. The number of pyridine rings is 1. The molecule has 33 heavy (non-hydrogen) atoms. The maximum atomic E-state index is 13.7. The van der Waals surface area contributed by atoms with Crippen molar-refractivity contribution < 1.29 is 4.79 Å². The van der Waals surface area contributed by atoms with E-state index in [1.165, 1.54) is 49.7 Å². The fourth-order valence-corrected chi connectivity index (χ4v) is 7.55. The quantitative estimate of drug-likeness (QED) is 0.484. The highest BCUT2D eigenvalue weighted by atomic mass is 16.1. The molecule has 4 bridgehead atoms. The number of para-hydroxylation sites is 1. The molecule has 1 N–H and O–H groups in total. The van der Waals surface area contributed by atoms with Crippen LogP contribution in [0.2, 0.25) is 0 Å². The van der Waals surface area contributed by atoms with Crippen molar-refractivity contribution in [1.82, 2.24) is 10.3 Å². The minimum Gasteiger partial charge on any atom is -0.349 e. The molecule has 170 valence electrons. The van der Waals surface area contributed by atoms with Crippen molar-refractivity contribution >= 4 is 16.8 Å². The monoisotopic (exact) mass is 438 g/mol. The number of nitrogens with one attached hydrogen (secondary N) is 1. The average molecular weight is 439 g/mol. The van der Waals surface area contributed by atoms with Crippen molar-refractivity contribution in [3.05, 3.63) is 65.2 Å². The van der Waals surface area contributed by atoms with E-state index in [0.29, 0.717) is 5.41 Å². The van der Waals surface area contributed by atoms with E-state index >= 15 is 0 Å². The first-order valence-electron chi connectivity index (χ1n) is 12.7. The Bertz CT molecular complexity index is 1210. The van der Waals surface area contributed by atoms with Crippen molar-refractivity contribution in [2.75, 3.05) is 0 Å². The summed E-state index contributed by atoms with van der Waals surface area (Å²) in [5, 5.41) is 4.41. The van der Waals surface area contributed by atoms with Crippen LogP contribution in [-0.4, -0.2) is 16.9 Å². The molecule has 4 aliphatic rings. The number of aryl methyl sites for hydroxylation is 2. The van der Waals surface area contributed by atoms with Gasteiger partial charge in [0.1, 0.15) is 0 Å². The minimum atomic E-state index is 0.0435. The summed E-state index contributed by atoms with van der Waals surface area (Å²) < 4.78 is 0. The molecule has 0 radical (unpaired) electrons. The molecule has 0 saturated heterocycles. The first-order chi connectivity index (χ1) is 15.9. The molecule has 1 aromatic heterocycles. The van der Waals surface area contributed by atoms with E-state index in [9.17, 15) is 4.79 Å². The predicted octanol–water partition coefficient (Wildman–Crippen LogP) is 6.85. The summed E-state index contributed by atoms with van der Waals surface area (Å²) in [4.78, 5) is 18.6. The van der Waals surface area contributed by atoms with Gasteiger partial charge in [-0.15, -0.1) is 0 Å². The third kappa shape index (κ3) is 3.57. The van der Waals surface area contributed by atoms with Gasteiger partial charge in [0, 0.05) is 17.0 Å². The van der Waals surface area contributed by atoms with E-state index in [0.717, 1.165) is 45.5 Å². The lowest BCUT2D eigenvalue weighted by atomic mass is 9.48. The molecule has 1 unspecified atom stereocenters. The smallest absolute Gasteiger partial charge is 0.252 e. The third-order valence-electron chi connectivity index (χ3n) is 9.12. The van der Waals surface area contributed by atoms with Gasteiger partial charge < -0.3 is 5.32 Å². The van der Waals surface area contributed by atoms with Crippen LogP contribution in [0.3, 0.4) is 0 Å². The Morgan fingerprint density at radius 2 is 1.61 bits per heavy atom. The molecule has 3 heteroatoms. The van der Waals surface area contributed by atoms with E-state index in [-0.39, 0.29) is 11.9 Å². The molecule has 0 spiro atoms. The molecule has 4 aliphatic carbocycles. The lowest BCUT2D eigenvalue weighted by Gasteiger charge is -2.59. The molecular weight excluding hydrogens is 404 g/mol. The second kappa shape index (κ2) is 7.68. The van der Waals surface area contributed by atoms with E-state index in [1.54, 1.807) is 0 Å². The third-order valence-corrected chi connectivity index (χ3v) is 9.12. The number of rotatable bonds is 4. The van der Waals surface area contributed by atoms with Crippen LogP contribution in [0.1, 0.15) is 66.9 Å². The van der Waals surface area contributed by atoms with Crippen LogP contribution >= 0.6 is 0 Å². The van der Waals surface area contributed by atoms with Gasteiger partial charge in [0.2, 0.25) is 0 Å². The lowest BCUT2D eigenvalue weighted by Crippen LogP contribution is -2.55. The maximum absolute atomic E-state index is 13.7. The van der Waals surface area contributed by atoms with E-state index in [1.807, 2.05) is 30.3 Å². The Hall–Kier alpha value is -2.68. The number of amides is 1. The van der Waals surface area contributed by atoms with Gasteiger partial charge in [0.15, 0.2) is 0 Å². The zero-order valence-corrected chi connectivity index (χ0v) is 20.0.